The zero-order valence-corrected chi connectivity index (χ0v) is 14.9. The fourth-order valence-electron chi connectivity index (χ4n) is 3.57. The van der Waals surface area contributed by atoms with Gasteiger partial charge in [0.2, 0.25) is 5.91 Å². The van der Waals surface area contributed by atoms with E-state index in [2.05, 4.69) is 4.98 Å². The Hall–Kier alpha value is -1.41. The van der Waals surface area contributed by atoms with Crippen molar-refractivity contribution in [1.82, 2.24) is 14.5 Å². The van der Waals surface area contributed by atoms with Crippen LogP contribution in [0, 0.1) is 5.92 Å². The third kappa shape index (κ3) is 4.36. The summed E-state index contributed by atoms with van der Waals surface area (Å²) in [6.07, 6.45) is 9.62. The molecule has 0 N–H and O–H groups in total. The van der Waals surface area contributed by atoms with Crippen molar-refractivity contribution in [3.05, 3.63) is 18.2 Å². The van der Waals surface area contributed by atoms with Crippen LogP contribution in [-0.2, 0) is 25.9 Å². The van der Waals surface area contributed by atoms with Crippen LogP contribution in [0.2, 0.25) is 0 Å². The molecule has 1 fully saturated rings. The fourth-order valence-corrected chi connectivity index (χ4v) is 4.20. The Balaban J connectivity index is 1.61. The molecular weight excluding hydrogens is 330 g/mol. The van der Waals surface area contributed by atoms with Gasteiger partial charge in [0.25, 0.3) is 0 Å². The molecule has 0 aromatic carbocycles. The average molecular weight is 355 g/mol. The summed E-state index contributed by atoms with van der Waals surface area (Å²) in [7, 11) is -3.33. The van der Waals surface area contributed by atoms with Crippen molar-refractivity contribution in [3.63, 3.8) is 0 Å². The van der Waals surface area contributed by atoms with Gasteiger partial charge in [-0.1, -0.05) is 12.8 Å². The summed E-state index contributed by atoms with van der Waals surface area (Å²) in [4.78, 5) is 18.0. The maximum absolute atomic E-state index is 12.3. The number of nitrogens with zero attached hydrogens (tertiary/aromatic N) is 3. The van der Waals surface area contributed by atoms with Crippen molar-refractivity contribution in [2.45, 2.75) is 38.3 Å². The van der Waals surface area contributed by atoms with Crippen LogP contribution >= 0.6 is 0 Å². The van der Waals surface area contributed by atoms with E-state index in [-0.39, 0.29) is 11.9 Å². The van der Waals surface area contributed by atoms with Gasteiger partial charge in [0.05, 0.1) is 31.2 Å². The molecule has 0 bridgehead atoms. The van der Waals surface area contributed by atoms with Crippen LogP contribution in [0.25, 0.3) is 0 Å². The molecular formula is C16H25N3O4S. The maximum Gasteiger partial charge on any atom is 0.238 e. The highest BCUT2D eigenvalue weighted by molar-refractivity contribution is 7.91. The smallest absolute Gasteiger partial charge is 0.238 e. The van der Waals surface area contributed by atoms with Gasteiger partial charge in [0.1, 0.15) is 5.75 Å². The SMILES string of the molecule is CS(=O)(=O)CC(=O)N1Cc2cncn2C(COCC2CCCC2)C1. The minimum absolute atomic E-state index is 0.0128. The molecule has 1 aromatic heterocycles. The Morgan fingerprint density at radius 2 is 2.08 bits per heavy atom. The second-order valence-electron chi connectivity index (χ2n) is 6.98. The highest BCUT2D eigenvalue weighted by atomic mass is 32.2. The molecule has 1 aromatic rings. The fraction of sp³-hybridized carbons (Fsp3) is 0.750. The first-order valence-corrected chi connectivity index (χ1v) is 10.5. The standard InChI is InChI=1S/C16H25N3O4S/c1-24(21,22)11-16(20)18-7-14-6-17-12-19(14)15(8-18)10-23-9-13-4-2-3-5-13/h6,12-13,15H,2-5,7-11H2,1H3. The molecule has 134 valence electrons. The van der Waals surface area contributed by atoms with E-state index in [1.165, 1.54) is 25.7 Å². The lowest BCUT2D eigenvalue weighted by Gasteiger charge is -2.34. The van der Waals surface area contributed by atoms with Gasteiger partial charge in [-0.05, 0) is 18.8 Å². The van der Waals surface area contributed by atoms with E-state index >= 15 is 0 Å². The van der Waals surface area contributed by atoms with Crippen LogP contribution in [0.4, 0.5) is 0 Å². The molecule has 2 aliphatic rings. The van der Waals surface area contributed by atoms with Gasteiger partial charge in [-0.15, -0.1) is 0 Å². The number of imidazole rings is 1. The minimum atomic E-state index is -3.33. The lowest BCUT2D eigenvalue weighted by molar-refractivity contribution is -0.130. The van der Waals surface area contributed by atoms with Gasteiger partial charge < -0.3 is 14.2 Å². The van der Waals surface area contributed by atoms with E-state index < -0.39 is 15.6 Å². The van der Waals surface area contributed by atoms with Gasteiger partial charge in [0.15, 0.2) is 9.84 Å². The summed E-state index contributed by atoms with van der Waals surface area (Å²) < 4.78 is 30.7. The van der Waals surface area contributed by atoms with Crippen LogP contribution in [-0.4, -0.2) is 60.5 Å². The number of sulfone groups is 1. The average Bonchev–Trinajstić information content (AvgIpc) is 3.15. The molecule has 1 amide bonds. The first-order valence-electron chi connectivity index (χ1n) is 8.46. The number of hydrogen-bond acceptors (Lipinski definition) is 5. The van der Waals surface area contributed by atoms with Crippen molar-refractivity contribution in [1.29, 1.82) is 0 Å². The summed E-state index contributed by atoms with van der Waals surface area (Å²) in [5, 5.41) is 0. The zero-order chi connectivity index (χ0) is 17.2. The summed E-state index contributed by atoms with van der Waals surface area (Å²) in [5.41, 5.74) is 0.914. The van der Waals surface area contributed by atoms with E-state index in [0.717, 1.165) is 18.6 Å². The highest BCUT2D eigenvalue weighted by Crippen LogP contribution is 2.26. The number of amides is 1. The number of aromatic nitrogens is 2. The van der Waals surface area contributed by atoms with Gasteiger partial charge in [-0.25, -0.2) is 13.4 Å². The first kappa shape index (κ1) is 17.4. The van der Waals surface area contributed by atoms with E-state index in [4.69, 9.17) is 4.74 Å². The molecule has 0 radical (unpaired) electrons. The number of hydrogen-bond donors (Lipinski definition) is 0. The van der Waals surface area contributed by atoms with E-state index in [1.54, 1.807) is 17.4 Å². The largest absolute Gasteiger partial charge is 0.379 e. The molecule has 2 heterocycles. The molecule has 1 aliphatic heterocycles. The Morgan fingerprint density at radius 1 is 1.33 bits per heavy atom. The summed E-state index contributed by atoms with van der Waals surface area (Å²) >= 11 is 0. The molecule has 7 nitrogen and oxygen atoms in total. The summed E-state index contributed by atoms with van der Waals surface area (Å²) in [6, 6.07) is -0.0128. The van der Waals surface area contributed by atoms with Crippen molar-refractivity contribution in [2.75, 3.05) is 31.8 Å². The van der Waals surface area contributed by atoms with Gasteiger partial charge in [-0.3, -0.25) is 4.79 Å². The normalized spacial score (nSPS) is 21.9. The lowest BCUT2D eigenvalue weighted by atomic mass is 10.1. The van der Waals surface area contributed by atoms with Crippen LogP contribution in [0.1, 0.15) is 37.4 Å². The predicted octanol–water partition coefficient (Wildman–Crippen LogP) is 1.02. The third-order valence-corrected chi connectivity index (χ3v) is 5.57. The molecule has 0 spiro atoms. The summed E-state index contributed by atoms with van der Waals surface area (Å²) in [6.45, 7) is 2.14. The Bertz CT molecular complexity index is 679. The number of carbonyl (C=O) groups excluding carboxylic acids is 1. The van der Waals surface area contributed by atoms with Crippen molar-refractivity contribution < 1.29 is 17.9 Å². The molecule has 1 unspecified atom stereocenters. The quantitative estimate of drug-likeness (QED) is 0.761. The van der Waals surface area contributed by atoms with Crippen LogP contribution in [0.5, 0.6) is 0 Å². The second-order valence-corrected chi connectivity index (χ2v) is 9.12. The first-order chi connectivity index (χ1) is 11.4. The predicted molar refractivity (Wildman–Crippen MR) is 89.2 cm³/mol. The van der Waals surface area contributed by atoms with E-state index in [9.17, 15) is 13.2 Å². The minimum Gasteiger partial charge on any atom is -0.379 e. The molecule has 0 saturated heterocycles. The Morgan fingerprint density at radius 3 is 2.79 bits per heavy atom. The zero-order valence-electron chi connectivity index (χ0n) is 14.1. The Labute approximate surface area is 142 Å². The van der Waals surface area contributed by atoms with Crippen LogP contribution in [0.3, 0.4) is 0 Å². The maximum atomic E-state index is 12.3. The molecule has 1 atom stereocenters. The van der Waals surface area contributed by atoms with Gasteiger partial charge in [-0.2, -0.15) is 0 Å². The third-order valence-electron chi connectivity index (χ3n) is 4.80. The highest BCUT2D eigenvalue weighted by Gasteiger charge is 2.29. The number of rotatable bonds is 6. The molecule has 24 heavy (non-hydrogen) atoms. The van der Waals surface area contributed by atoms with Crippen LogP contribution < -0.4 is 0 Å². The number of ether oxygens (including phenoxy) is 1. The van der Waals surface area contributed by atoms with Gasteiger partial charge in [0, 0.05) is 25.6 Å². The Kier molecular flexibility index (Phi) is 5.24. The monoisotopic (exact) mass is 355 g/mol. The van der Waals surface area contributed by atoms with E-state index in [1.807, 2.05) is 4.57 Å². The molecule has 1 aliphatic carbocycles. The van der Waals surface area contributed by atoms with Crippen molar-refractivity contribution in [3.8, 4) is 0 Å². The molecule has 3 rings (SSSR count). The van der Waals surface area contributed by atoms with Crippen molar-refractivity contribution >= 4 is 15.7 Å². The number of fused-ring (bicyclic) bond motifs is 1. The van der Waals surface area contributed by atoms with Crippen molar-refractivity contribution in [2.24, 2.45) is 5.92 Å². The van der Waals surface area contributed by atoms with E-state index in [0.29, 0.717) is 25.6 Å². The second kappa shape index (κ2) is 7.23. The molecule has 8 heteroatoms. The van der Waals surface area contributed by atoms with Crippen LogP contribution in [0.15, 0.2) is 12.5 Å². The lowest BCUT2D eigenvalue weighted by Crippen LogP contribution is -2.44. The molecule has 1 saturated carbocycles. The number of carbonyl (C=O) groups is 1. The van der Waals surface area contributed by atoms with Gasteiger partial charge >= 0.3 is 0 Å². The summed E-state index contributed by atoms with van der Waals surface area (Å²) in [5.74, 6) is -0.152. The topological polar surface area (TPSA) is 81.5 Å².